The van der Waals surface area contributed by atoms with Gasteiger partial charge in [0, 0.05) is 37.3 Å². The van der Waals surface area contributed by atoms with E-state index in [1.165, 1.54) is 11.3 Å². The van der Waals surface area contributed by atoms with Crippen molar-refractivity contribution in [3.63, 3.8) is 0 Å². The molecule has 2 aliphatic rings. The van der Waals surface area contributed by atoms with Crippen molar-refractivity contribution in [1.29, 1.82) is 0 Å². The highest BCUT2D eigenvalue weighted by Crippen LogP contribution is 2.35. The van der Waals surface area contributed by atoms with Crippen LogP contribution in [0.4, 0.5) is 5.69 Å². The number of likely N-dealkylation sites (N-methyl/N-ethyl adjacent to an activating group) is 1. The molecule has 0 aromatic carbocycles. The Kier molecular flexibility index (Phi) is 5.16. The average molecular weight is 400 g/mol. The number of rotatable bonds is 3. The van der Waals surface area contributed by atoms with Crippen molar-refractivity contribution in [3.8, 4) is 0 Å². The molecule has 0 N–H and O–H groups in total. The first-order valence-electron chi connectivity index (χ1n) is 9.72. The summed E-state index contributed by atoms with van der Waals surface area (Å²) in [4.78, 5) is 40.7. The number of likely N-dealkylation sites (tertiary alicyclic amines) is 1. The zero-order valence-electron chi connectivity index (χ0n) is 16.3. The third kappa shape index (κ3) is 3.20. The van der Waals surface area contributed by atoms with Crippen molar-refractivity contribution >= 4 is 28.8 Å². The van der Waals surface area contributed by atoms with Crippen LogP contribution in [0.3, 0.4) is 0 Å². The second kappa shape index (κ2) is 7.60. The Balaban J connectivity index is 1.55. The molecule has 2 aromatic rings. The highest BCUT2D eigenvalue weighted by atomic mass is 32.1. The lowest BCUT2D eigenvalue weighted by Crippen LogP contribution is -2.69. The van der Waals surface area contributed by atoms with Gasteiger partial charge in [-0.3, -0.25) is 19.5 Å². The molecule has 4 heterocycles. The smallest absolute Gasteiger partial charge is 0.273 e. The average Bonchev–Trinajstić information content (AvgIpc) is 3.26. The normalized spacial score (nSPS) is 20.0. The zero-order chi connectivity index (χ0) is 19.7. The third-order valence-corrected chi connectivity index (χ3v) is 6.55. The molecule has 0 unspecified atom stereocenters. The number of aromatic nitrogens is 2. The maximum Gasteiger partial charge on any atom is 0.273 e. The van der Waals surface area contributed by atoms with E-state index in [2.05, 4.69) is 21.8 Å². The third-order valence-electron chi connectivity index (χ3n) is 5.96. The van der Waals surface area contributed by atoms with Crippen molar-refractivity contribution in [2.45, 2.75) is 32.2 Å². The number of carbonyl (C=O) groups excluding carboxylic acids is 2. The van der Waals surface area contributed by atoms with Gasteiger partial charge in [0.15, 0.2) is 0 Å². The predicted octanol–water partition coefficient (Wildman–Crippen LogP) is 2.19. The maximum absolute atomic E-state index is 13.6. The highest BCUT2D eigenvalue weighted by Gasteiger charge is 2.51. The number of anilines is 1. The summed E-state index contributed by atoms with van der Waals surface area (Å²) in [6.45, 7) is 7.50. The second-order valence-electron chi connectivity index (χ2n) is 7.39. The number of amides is 2. The lowest BCUT2D eigenvalue weighted by atomic mass is 9.82. The van der Waals surface area contributed by atoms with E-state index in [1.807, 2.05) is 28.9 Å². The minimum atomic E-state index is -0.545. The van der Waals surface area contributed by atoms with Gasteiger partial charge in [0.25, 0.3) is 5.91 Å². The molecular weight excluding hydrogens is 374 g/mol. The zero-order valence-corrected chi connectivity index (χ0v) is 17.1. The number of piperidine rings is 1. The molecule has 0 radical (unpaired) electrons. The van der Waals surface area contributed by atoms with Gasteiger partial charge in [-0.1, -0.05) is 6.92 Å². The lowest BCUT2D eigenvalue weighted by molar-refractivity contribution is -0.137. The fourth-order valence-electron chi connectivity index (χ4n) is 4.34. The van der Waals surface area contributed by atoms with E-state index in [0.717, 1.165) is 24.5 Å². The molecule has 7 nitrogen and oxygen atoms in total. The molecule has 28 heavy (non-hydrogen) atoms. The van der Waals surface area contributed by atoms with Crippen LogP contribution in [0.25, 0.3) is 0 Å². The predicted molar refractivity (Wildman–Crippen MR) is 109 cm³/mol. The van der Waals surface area contributed by atoms with Crippen LogP contribution in [0.2, 0.25) is 0 Å². The molecule has 1 spiro atoms. The van der Waals surface area contributed by atoms with Gasteiger partial charge >= 0.3 is 0 Å². The number of carbonyl (C=O) groups is 2. The Morgan fingerprint density at radius 3 is 2.57 bits per heavy atom. The van der Waals surface area contributed by atoms with Crippen molar-refractivity contribution in [2.24, 2.45) is 0 Å². The minimum Gasteiger partial charge on any atom is -0.337 e. The lowest BCUT2D eigenvalue weighted by Gasteiger charge is -2.52. The Hall–Kier alpha value is -2.32. The fourth-order valence-corrected chi connectivity index (χ4v) is 4.87. The first kappa shape index (κ1) is 19.0. The van der Waals surface area contributed by atoms with Crippen LogP contribution in [0.15, 0.2) is 29.2 Å². The molecule has 0 saturated carbocycles. The molecule has 0 atom stereocenters. The van der Waals surface area contributed by atoms with E-state index in [4.69, 9.17) is 0 Å². The molecule has 8 heteroatoms. The molecule has 2 saturated heterocycles. The van der Waals surface area contributed by atoms with Crippen LogP contribution in [0, 0.1) is 6.92 Å². The summed E-state index contributed by atoms with van der Waals surface area (Å²) in [6.07, 6.45) is 3.07. The van der Waals surface area contributed by atoms with Crippen LogP contribution in [-0.4, -0.2) is 69.8 Å². The van der Waals surface area contributed by atoms with Crippen molar-refractivity contribution in [3.05, 3.63) is 40.6 Å². The Morgan fingerprint density at radius 1 is 1.18 bits per heavy atom. The van der Waals surface area contributed by atoms with E-state index < -0.39 is 5.54 Å². The Morgan fingerprint density at radius 2 is 1.96 bits per heavy atom. The van der Waals surface area contributed by atoms with Crippen LogP contribution in [0.5, 0.6) is 0 Å². The molecular formula is C20H25N5O2S. The van der Waals surface area contributed by atoms with E-state index in [0.29, 0.717) is 38.2 Å². The van der Waals surface area contributed by atoms with Gasteiger partial charge in [0.05, 0.1) is 17.4 Å². The van der Waals surface area contributed by atoms with Crippen molar-refractivity contribution in [2.75, 3.05) is 37.6 Å². The molecule has 4 rings (SSSR count). The van der Waals surface area contributed by atoms with Crippen LogP contribution in [0.1, 0.15) is 35.9 Å². The van der Waals surface area contributed by atoms with Crippen LogP contribution < -0.4 is 4.90 Å². The van der Waals surface area contributed by atoms with Gasteiger partial charge in [0.2, 0.25) is 5.91 Å². The summed E-state index contributed by atoms with van der Waals surface area (Å²) < 4.78 is 0. The molecule has 2 aromatic heterocycles. The number of hydrogen-bond acceptors (Lipinski definition) is 6. The number of hydrogen-bond donors (Lipinski definition) is 0. The van der Waals surface area contributed by atoms with Gasteiger partial charge in [-0.2, -0.15) is 0 Å². The number of piperazine rings is 1. The molecule has 2 amide bonds. The standard InChI is InChI=1S/C20H25N5O2S/c1-3-24-10-11-25(16-5-4-15(2)21-12-16)19(27)20(24)6-8-23(9-7-20)18(26)17-13-28-14-22-17/h4-5,12-14H,3,6-11H2,1-2H3. The molecule has 0 bridgehead atoms. The van der Waals surface area contributed by atoms with E-state index in [-0.39, 0.29) is 11.8 Å². The summed E-state index contributed by atoms with van der Waals surface area (Å²) >= 11 is 1.42. The molecule has 0 aliphatic carbocycles. The topological polar surface area (TPSA) is 69.6 Å². The maximum atomic E-state index is 13.6. The molecule has 148 valence electrons. The van der Waals surface area contributed by atoms with Gasteiger partial charge in [-0.05, 0) is 38.4 Å². The Labute approximate surface area is 169 Å². The quantitative estimate of drug-likeness (QED) is 0.791. The summed E-state index contributed by atoms with van der Waals surface area (Å²) in [7, 11) is 0. The van der Waals surface area contributed by atoms with Crippen LogP contribution >= 0.6 is 11.3 Å². The number of nitrogens with zero attached hydrogens (tertiary/aromatic N) is 5. The van der Waals surface area contributed by atoms with E-state index in [9.17, 15) is 9.59 Å². The summed E-state index contributed by atoms with van der Waals surface area (Å²) in [5.74, 6) is 0.0917. The summed E-state index contributed by atoms with van der Waals surface area (Å²) in [5, 5.41) is 1.78. The van der Waals surface area contributed by atoms with Crippen molar-refractivity contribution < 1.29 is 9.59 Å². The van der Waals surface area contributed by atoms with Gasteiger partial charge < -0.3 is 9.80 Å². The first-order valence-corrected chi connectivity index (χ1v) is 10.7. The van der Waals surface area contributed by atoms with Crippen molar-refractivity contribution in [1.82, 2.24) is 19.8 Å². The van der Waals surface area contributed by atoms with E-state index >= 15 is 0 Å². The van der Waals surface area contributed by atoms with Crippen LogP contribution in [-0.2, 0) is 4.79 Å². The number of thiazole rings is 1. The van der Waals surface area contributed by atoms with Gasteiger partial charge in [-0.15, -0.1) is 11.3 Å². The second-order valence-corrected chi connectivity index (χ2v) is 8.11. The largest absolute Gasteiger partial charge is 0.337 e. The van der Waals surface area contributed by atoms with Gasteiger partial charge in [0.1, 0.15) is 11.2 Å². The SMILES string of the molecule is CCN1CCN(c2ccc(C)nc2)C(=O)C12CCN(C(=O)c1cscn1)CC2. The fraction of sp³-hybridized carbons (Fsp3) is 0.500. The number of aryl methyl sites for hydroxylation is 1. The molecule has 2 fully saturated rings. The monoisotopic (exact) mass is 399 g/mol. The van der Waals surface area contributed by atoms with E-state index in [1.54, 1.807) is 17.1 Å². The summed E-state index contributed by atoms with van der Waals surface area (Å²) in [6, 6.07) is 3.91. The van der Waals surface area contributed by atoms with Gasteiger partial charge in [-0.25, -0.2) is 4.98 Å². The summed E-state index contributed by atoms with van der Waals surface area (Å²) in [5.41, 5.74) is 3.42. The number of pyridine rings is 1. The molecule has 2 aliphatic heterocycles. The first-order chi connectivity index (χ1) is 13.5. The highest BCUT2D eigenvalue weighted by molar-refractivity contribution is 7.07. The minimum absolute atomic E-state index is 0.0398. The Bertz CT molecular complexity index is 844.